The lowest BCUT2D eigenvalue weighted by atomic mass is 9.96. The van der Waals surface area contributed by atoms with Gasteiger partial charge in [0.05, 0.1) is 14.2 Å². The molecular formula is C36H35NO4S. The van der Waals surface area contributed by atoms with Gasteiger partial charge in [0.2, 0.25) is 0 Å². The number of hydrogen-bond acceptors (Lipinski definition) is 6. The van der Waals surface area contributed by atoms with E-state index in [9.17, 15) is 4.79 Å². The van der Waals surface area contributed by atoms with E-state index in [1.807, 2.05) is 78.9 Å². The topological polar surface area (TPSA) is 48.0 Å². The van der Waals surface area contributed by atoms with Crippen molar-refractivity contribution in [3.63, 3.8) is 0 Å². The molecule has 5 aromatic rings. The molecule has 0 radical (unpaired) electrons. The Morgan fingerprint density at radius 3 is 1.98 bits per heavy atom. The van der Waals surface area contributed by atoms with E-state index in [1.54, 1.807) is 25.6 Å². The fourth-order valence-electron chi connectivity index (χ4n) is 5.55. The molecule has 0 saturated carbocycles. The third kappa shape index (κ3) is 6.06. The monoisotopic (exact) mass is 577 g/mol. The molecule has 1 aliphatic rings. The van der Waals surface area contributed by atoms with Gasteiger partial charge in [0, 0.05) is 32.6 Å². The smallest absolute Gasteiger partial charge is 0.195 e. The molecule has 0 amide bonds. The minimum atomic E-state index is 0.00115. The van der Waals surface area contributed by atoms with Gasteiger partial charge in [-0.1, -0.05) is 42.8 Å². The highest BCUT2D eigenvalue weighted by Gasteiger charge is 2.22. The first-order valence-electron chi connectivity index (χ1n) is 14.5. The maximum atomic E-state index is 14.0. The Labute approximate surface area is 251 Å². The summed E-state index contributed by atoms with van der Waals surface area (Å²) in [5.74, 6) is 2.43. The lowest BCUT2D eigenvalue weighted by Crippen LogP contribution is -2.33. The van der Waals surface area contributed by atoms with Crippen LogP contribution in [0.2, 0.25) is 0 Å². The number of methoxy groups -OCH3 is 2. The van der Waals surface area contributed by atoms with Crippen molar-refractivity contribution in [1.82, 2.24) is 4.90 Å². The molecule has 0 unspecified atom stereocenters. The predicted molar refractivity (Wildman–Crippen MR) is 171 cm³/mol. The number of rotatable bonds is 10. The fourth-order valence-corrected chi connectivity index (χ4v) is 6.79. The third-order valence-electron chi connectivity index (χ3n) is 7.94. The maximum absolute atomic E-state index is 14.0. The van der Waals surface area contributed by atoms with Crippen LogP contribution in [-0.4, -0.2) is 51.1 Å². The van der Waals surface area contributed by atoms with E-state index in [0.717, 1.165) is 55.4 Å². The van der Waals surface area contributed by atoms with Gasteiger partial charge >= 0.3 is 0 Å². The van der Waals surface area contributed by atoms with Crippen LogP contribution in [0.4, 0.5) is 0 Å². The third-order valence-corrected chi connectivity index (χ3v) is 9.14. The van der Waals surface area contributed by atoms with Gasteiger partial charge in [-0.25, -0.2) is 0 Å². The number of thiophene rings is 1. The van der Waals surface area contributed by atoms with Gasteiger partial charge in [0.15, 0.2) is 5.78 Å². The molecule has 4 aromatic carbocycles. The van der Waals surface area contributed by atoms with E-state index in [0.29, 0.717) is 17.7 Å². The van der Waals surface area contributed by atoms with Gasteiger partial charge in [-0.3, -0.25) is 9.69 Å². The number of carbonyl (C=O) groups is 1. The number of fused-ring (bicyclic) bond motifs is 1. The zero-order valence-corrected chi connectivity index (χ0v) is 24.9. The average molecular weight is 578 g/mol. The first-order valence-corrected chi connectivity index (χ1v) is 15.3. The predicted octanol–water partition coefficient (Wildman–Crippen LogP) is 8.35. The number of benzene rings is 4. The van der Waals surface area contributed by atoms with Crippen LogP contribution in [0.3, 0.4) is 0 Å². The molecule has 1 aliphatic heterocycles. The Kier molecular flexibility index (Phi) is 8.54. The van der Waals surface area contributed by atoms with Crippen molar-refractivity contribution in [2.45, 2.75) is 19.3 Å². The van der Waals surface area contributed by atoms with Gasteiger partial charge in [-0.05, 0) is 97.2 Å². The maximum Gasteiger partial charge on any atom is 0.195 e. The minimum absolute atomic E-state index is 0.00115. The number of nitrogens with zero attached hydrogens (tertiary/aromatic N) is 1. The van der Waals surface area contributed by atoms with Crippen molar-refractivity contribution in [3.8, 4) is 38.8 Å². The summed E-state index contributed by atoms with van der Waals surface area (Å²) in [5, 5.41) is 0.927. The molecule has 2 heterocycles. The van der Waals surface area contributed by atoms with Crippen LogP contribution in [0.5, 0.6) is 17.2 Å². The summed E-state index contributed by atoms with van der Waals surface area (Å²) in [4.78, 5) is 17.4. The molecule has 0 atom stereocenters. The van der Waals surface area contributed by atoms with Crippen LogP contribution in [0, 0.1) is 0 Å². The number of carbonyl (C=O) groups excluding carboxylic acids is 1. The molecule has 1 saturated heterocycles. The first-order chi connectivity index (χ1) is 20.6. The highest BCUT2D eigenvalue weighted by atomic mass is 32.1. The first kappa shape index (κ1) is 28.0. The Balaban J connectivity index is 1.21. The Morgan fingerprint density at radius 1 is 0.714 bits per heavy atom. The highest BCUT2D eigenvalue weighted by Crippen LogP contribution is 2.41. The minimum Gasteiger partial charge on any atom is -0.497 e. The van der Waals surface area contributed by atoms with Crippen molar-refractivity contribution < 1.29 is 19.0 Å². The van der Waals surface area contributed by atoms with Crippen molar-refractivity contribution in [1.29, 1.82) is 0 Å². The molecule has 6 heteroatoms. The summed E-state index contributed by atoms with van der Waals surface area (Å²) in [7, 11) is 3.31. The van der Waals surface area contributed by atoms with Gasteiger partial charge < -0.3 is 14.2 Å². The molecule has 0 spiro atoms. The van der Waals surface area contributed by atoms with E-state index in [1.165, 1.54) is 32.4 Å². The van der Waals surface area contributed by atoms with Crippen LogP contribution < -0.4 is 14.2 Å². The van der Waals surface area contributed by atoms with E-state index in [2.05, 4.69) is 17.0 Å². The van der Waals surface area contributed by atoms with Gasteiger partial charge in [-0.2, -0.15) is 0 Å². The van der Waals surface area contributed by atoms with Crippen molar-refractivity contribution in [2.75, 3.05) is 40.5 Å². The molecule has 214 valence electrons. The van der Waals surface area contributed by atoms with Gasteiger partial charge in [0.25, 0.3) is 0 Å². The molecule has 42 heavy (non-hydrogen) atoms. The second kappa shape index (κ2) is 12.8. The number of ether oxygens (including phenoxy) is 3. The standard InChI is InChI=1S/C36H35NO4S/c1-39-29-14-12-28(13-15-29)36-34(32-19-18-31(40-2)24-33(32)42-36)35(38)27-8-6-25(7-9-27)26-10-16-30(17-11-26)41-23-22-37-20-4-3-5-21-37/h6-19,24H,3-5,20-23H2,1-2H3. The summed E-state index contributed by atoms with van der Waals surface area (Å²) in [6.07, 6.45) is 3.93. The summed E-state index contributed by atoms with van der Waals surface area (Å²) in [6.45, 7) is 4.05. The van der Waals surface area contributed by atoms with Crippen LogP contribution in [-0.2, 0) is 0 Å². The SMILES string of the molecule is COc1ccc(-c2sc3cc(OC)ccc3c2C(=O)c2ccc(-c3ccc(OCCN4CCCCC4)cc3)cc2)cc1. The Morgan fingerprint density at radius 2 is 1.31 bits per heavy atom. The molecule has 1 fully saturated rings. The van der Waals surface area contributed by atoms with E-state index < -0.39 is 0 Å². The molecule has 5 nitrogen and oxygen atoms in total. The van der Waals surface area contributed by atoms with Gasteiger partial charge in [0.1, 0.15) is 23.9 Å². The van der Waals surface area contributed by atoms with Crippen molar-refractivity contribution in [3.05, 3.63) is 102 Å². The Bertz CT molecular complexity index is 1650. The molecule has 0 bridgehead atoms. The number of piperidine rings is 1. The molecule has 1 aromatic heterocycles. The van der Waals surface area contributed by atoms with Crippen LogP contribution in [0.1, 0.15) is 35.2 Å². The number of ketones is 1. The molecular weight excluding hydrogens is 542 g/mol. The second-order valence-electron chi connectivity index (χ2n) is 10.6. The number of likely N-dealkylation sites (tertiary alicyclic amines) is 1. The highest BCUT2D eigenvalue weighted by molar-refractivity contribution is 7.22. The zero-order chi connectivity index (χ0) is 28.9. The van der Waals surface area contributed by atoms with Crippen molar-refractivity contribution in [2.24, 2.45) is 0 Å². The zero-order valence-electron chi connectivity index (χ0n) is 24.1. The lowest BCUT2D eigenvalue weighted by molar-refractivity contribution is 0.104. The summed E-state index contributed by atoms with van der Waals surface area (Å²) in [6, 6.07) is 29.8. The quantitative estimate of drug-likeness (QED) is 0.156. The van der Waals surface area contributed by atoms with Crippen LogP contribution in [0.15, 0.2) is 91.0 Å². The van der Waals surface area contributed by atoms with Crippen molar-refractivity contribution >= 4 is 27.2 Å². The molecule has 0 N–H and O–H groups in total. The normalized spacial score (nSPS) is 13.7. The average Bonchev–Trinajstić information content (AvgIpc) is 3.44. The second-order valence-corrected chi connectivity index (χ2v) is 11.6. The summed E-state index contributed by atoms with van der Waals surface area (Å²) < 4.78 is 17.8. The summed E-state index contributed by atoms with van der Waals surface area (Å²) >= 11 is 1.60. The van der Waals surface area contributed by atoms with Crippen LogP contribution >= 0.6 is 11.3 Å². The lowest BCUT2D eigenvalue weighted by Gasteiger charge is -2.26. The number of hydrogen-bond donors (Lipinski definition) is 0. The largest absolute Gasteiger partial charge is 0.497 e. The van der Waals surface area contributed by atoms with E-state index >= 15 is 0 Å². The molecule has 6 rings (SSSR count). The van der Waals surface area contributed by atoms with Crippen LogP contribution in [0.25, 0.3) is 31.7 Å². The molecule has 0 aliphatic carbocycles. The Hall–Kier alpha value is -4.13. The van der Waals surface area contributed by atoms with E-state index in [-0.39, 0.29) is 5.78 Å². The summed E-state index contributed by atoms with van der Waals surface area (Å²) in [5.41, 5.74) is 4.49. The van der Waals surface area contributed by atoms with Gasteiger partial charge in [-0.15, -0.1) is 11.3 Å². The van der Waals surface area contributed by atoms with E-state index in [4.69, 9.17) is 14.2 Å². The fraction of sp³-hybridized carbons (Fsp3) is 0.250.